The molecule has 0 unspecified atom stereocenters. The maximum Gasteiger partial charge on any atom is 0.295 e. The van der Waals surface area contributed by atoms with Crippen LogP contribution in [0.15, 0.2) is 63.2 Å². The van der Waals surface area contributed by atoms with Gasteiger partial charge in [0.15, 0.2) is 5.69 Å². The first kappa shape index (κ1) is 16.4. The summed E-state index contributed by atoms with van der Waals surface area (Å²) < 4.78 is 2.58. The summed E-state index contributed by atoms with van der Waals surface area (Å²) in [5.74, 6) is -0.424. The highest BCUT2D eigenvalue weighted by Gasteiger charge is 2.16. The molecule has 122 valence electrons. The van der Waals surface area contributed by atoms with E-state index < -0.39 is 5.91 Å². The highest BCUT2D eigenvalue weighted by atomic mass is 79.9. The number of hydrogen-bond donors (Lipinski definition) is 1. The molecule has 0 radical (unpaired) electrons. The van der Waals surface area contributed by atoms with Gasteiger partial charge in [0.2, 0.25) is 5.88 Å². The molecule has 1 heterocycles. The summed E-state index contributed by atoms with van der Waals surface area (Å²) in [7, 11) is 0. The second-order valence-electron chi connectivity index (χ2n) is 5.36. The lowest BCUT2D eigenvalue weighted by Crippen LogP contribution is -1.94. The number of nitrogens with zero attached hydrogens (tertiary/aromatic N) is 3. The van der Waals surface area contributed by atoms with Gasteiger partial charge in [-0.05, 0) is 30.7 Å². The van der Waals surface area contributed by atoms with Crippen molar-refractivity contribution < 1.29 is 9.90 Å². The van der Waals surface area contributed by atoms with Gasteiger partial charge in [0.1, 0.15) is 0 Å². The normalized spacial score (nSPS) is 11.4. The number of carbonyl (C=O) groups excluding carboxylic acids is 1. The first-order chi connectivity index (χ1) is 11.6. The van der Waals surface area contributed by atoms with Crippen molar-refractivity contribution in [2.24, 2.45) is 10.2 Å². The minimum Gasteiger partial charge on any atom is -0.493 e. The van der Waals surface area contributed by atoms with Crippen LogP contribution < -0.4 is 0 Å². The first-order valence-electron chi connectivity index (χ1n) is 7.63. The zero-order valence-corrected chi connectivity index (χ0v) is 14.7. The Balaban J connectivity index is 2.01. The van der Waals surface area contributed by atoms with Gasteiger partial charge in [-0.25, -0.2) is 0 Å². The van der Waals surface area contributed by atoms with Gasteiger partial charge < -0.3 is 9.67 Å². The molecule has 0 fully saturated rings. The summed E-state index contributed by atoms with van der Waals surface area (Å²) in [5, 5.41) is 19.0. The Kier molecular flexibility index (Phi) is 4.76. The quantitative estimate of drug-likeness (QED) is 0.607. The molecule has 0 spiro atoms. The molecule has 0 aliphatic rings. The lowest BCUT2D eigenvalue weighted by atomic mass is 10.2. The van der Waals surface area contributed by atoms with Gasteiger partial charge in [0.25, 0.3) is 5.91 Å². The van der Waals surface area contributed by atoms with Gasteiger partial charge in [0, 0.05) is 22.0 Å². The van der Waals surface area contributed by atoms with Crippen LogP contribution in [-0.4, -0.2) is 15.6 Å². The average molecular weight is 386 g/mol. The molecule has 0 aliphatic heterocycles. The highest BCUT2D eigenvalue weighted by Crippen LogP contribution is 2.38. The molecular formula is C18H16BrN3O2. The first-order valence-corrected chi connectivity index (χ1v) is 8.43. The number of hydrogen-bond acceptors (Lipinski definition) is 3. The SMILES string of the molecule is CCCn1c(O)c(N=NC(=O)c2cccc(Br)c2)c2ccccc21. The van der Waals surface area contributed by atoms with E-state index in [2.05, 4.69) is 26.2 Å². The third kappa shape index (κ3) is 3.10. The summed E-state index contributed by atoms with van der Waals surface area (Å²) >= 11 is 3.32. The van der Waals surface area contributed by atoms with Crippen LogP contribution in [0.5, 0.6) is 5.88 Å². The zero-order chi connectivity index (χ0) is 17.1. The van der Waals surface area contributed by atoms with E-state index in [1.165, 1.54) is 0 Å². The van der Waals surface area contributed by atoms with Crippen molar-refractivity contribution in [2.45, 2.75) is 19.9 Å². The van der Waals surface area contributed by atoms with Gasteiger partial charge in [-0.1, -0.05) is 47.1 Å². The Bertz CT molecular complexity index is 931. The van der Waals surface area contributed by atoms with Crippen molar-refractivity contribution in [3.63, 3.8) is 0 Å². The van der Waals surface area contributed by atoms with Crippen LogP contribution in [0.1, 0.15) is 23.7 Å². The van der Waals surface area contributed by atoms with Crippen molar-refractivity contribution in [2.75, 3.05) is 0 Å². The number of para-hydroxylation sites is 1. The van der Waals surface area contributed by atoms with Crippen LogP contribution in [-0.2, 0) is 6.54 Å². The van der Waals surface area contributed by atoms with E-state index in [1.54, 1.807) is 22.8 Å². The zero-order valence-electron chi connectivity index (χ0n) is 13.1. The minimum atomic E-state index is -0.456. The van der Waals surface area contributed by atoms with Gasteiger partial charge in [0.05, 0.1) is 5.52 Å². The number of aromatic nitrogens is 1. The predicted octanol–water partition coefficient (Wildman–Crippen LogP) is 5.44. The minimum absolute atomic E-state index is 0.0313. The Morgan fingerprint density at radius 3 is 2.75 bits per heavy atom. The summed E-state index contributed by atoms with van der Waals surface area (Å²) in [6, 6.07) is 14.5. The lowest BCUT2D eigenvalue weighted by molar-refractivity contribution is 0.0995. The molecule has 0 aliphatic carbocycles. The van der Waals surface area contributed by atoms with E-state index >= 15 is 0 Å². The number of azo groups is 1. The fourth-order valence-electron chi connectivity index (χ4n) is 2.59. The Morgan fingerprint density at radius 1 is 1.21 bits per heavy atom. The van der Waals surface area contributed by atoms with E-state index in [0.717, 1.165) is 21.8 Å². The Morgan fingerprint density at radius 2 is 2.00 bits per heavy atom. The molecule has 0 saturated carbocycles. The van der Waals surface area contributed by atoms with Crippen molar-refractivity contribution in [3.05, 3.63) is 58.6 Å². The summed E-state index contributed by atoms with van der Waals surface area (Å²) in [6.45, 7) is 2.70. The predicted molar refractivity (Wildman–Crippen MR) is 96.9 cm³/mol. The van der Waals surface area contributed by atoms with E-state index in [-0.39, 0.29) is 5.88 Å². The van der Waals surface area contributed by atoms with Crippen LogP contribution in [0, 0.1) is 0 Å². The van der Waals surface area contributed by atoms with Gasteiger partial charge >= 0.3 is 0 Å². The highest BCUT2D eigenvalue weighted by molar-refractivity contribution is 9.10. The number of aryl methyl sites for hydroxylation is 1. The Labute approximate surface area is 147 Å². The fourth-order valence-corrected chi connectivity index (χ4v) is 2.99. The molecule has 3 rings (SSSR count). The van der Waals surface area contributed by atoms with Crippen LogP contribution in [0.3, 0.4) is 0 Å². The monoisotopic (exact) mass is 385 g/mol. The third-order valence-electron chi connectivity index (χ3n) is 3.68. The van der Waals surface area contributed by atoms with Gasteiger partial charge in [-0.2, -0.15) is 0 Å². The molecular weight excluding hydrogens is 370 g/mol. The second kappa shape index (κ2) is 6.97. The molecule has 3 aromatic rings. The van der Waals surface area contributed by atoms with Crippen molar-refractivity contribution in [1.29, 1.82) is 0 Å². The van der Waals surface area contributed by atoms with Crippen LogP contribution >= 0.6 is 15.9 Å². The number of halogens is 1. The molecule has 0 atom stereocenters. The molecule has 6 heteroatoms. The largest absolute Gasteiger partial charge is 0.493 e. The van der Waals surface area contributed by atoms with E-state index in [9.17, 15) is 9.90 Å². The third-order valence-corrected chi connectivity index (χ3v) is 4.17. The number of benzene rings is 2. The standard InChI is InChI=1S/C18H16BrN3O2/c1-2-10-22-15-9-4-3-8-14(15)16(18(22)24)20-21-17(23)12-6-5-7-13(19)11-12/h3-9,11,24H,2,10H2,1H3. The Hall–Kier alpha value is -2.47. The maximum absolute atomic E-state index is 12.2. The van der Waals surface area contributed by atoms with Gasteiger partial charge in [-0.3, -0.25) is 4.79 Å². The molecule has 0 saturated heterocycles. The van der Waals surface area contributed by atoms with Crippen LogP contribution in [0.25, 0.3) is 10.9 Å². The fraction of sp³-hybridized carbons (Fsp3) is 0.167. The van der Waals surface area contributed by atoms with E-state index in [0.29, 0.717) is 17.8 Å². The summed E-state index contributed by atoms with van der Waals surface area (Å²) in [4.78, 5) is 12.2. The molecule has 2 aromatic carbocycles. The van der Waals surface area contributed by atoms with Gasteiger partial charge in [-0.15, -0.1) is 10.2 Å². The number of rotatable bonds is 4. The molecule has 1 N–H and O–H groups in total. The topological polar surface area (TPSA) is 66.9 Å². The maximum atomic E-state index is 12.2. The number of fused-ring (bicyclic) bond motifs is 1. The van der Waals surface area contributed by atoms with Crippen LogP contribution in [0.4, 0.5) is 5.69 Å². The number of carbonyl (C=O) groups is 1. The smallest absolute Gasteiger partial charge is 0.295 e. The molecule has 24 heavy (non-hydrogen) atoms. The van der Waals surface area contributed by atoms with Crippen molar-refractivity contribution >= 4 is 38.4 Å². The molecule has 1 amide bonds. The molecule has 0 bridgehead atoms. The van der Waals surface area contributed by atoms with Crippen LogP contribution in [0.2, 0.25) is 0 Å². The van der Waals surface area contributed by atoms with E-state index in [4.69, 9.17) is 0 Å². The number of amides is 1. The average Bonchev–Trinajstić information content (AvgIpc) is 2.85. The van der Waals surface area contributed by atoms with E-state index in [1.807, 2.05) is 37.3 Å². The molecule has 5 nitrogen and oxygen atoms in total. The van der Waals surface area contributed by atoms with Crippen molar-refractivity contribution in [1.82, 2.24) is 4.57 Å². The second-order valence-corrected chi connectivity index (χ2v) is 6.27. The summed E-state index contributed by atoms with van der Waals surface area (Å²) in [6.07, 6.45) is 0.875. The summed E-state index contributed by atoms with van der Waals surface area (Å²) in [5.41, 5.74) is 1.63. The molecule has 1 aromatic heterocycles. The lowest BCUT2D eigenvalue weighted by Gasteiger charge is -2.03. The van der Waals surface area contributed by atoms with Crippen molar-refractivity contribution in [3.8, 4) is 5.88 Å². The number of aromatic hydroxyl groups is 1.